The lowest BCUT2D eigenvalue weighted by molar-refractivity contribution is 0.138. The lowest BCUT2D eigenvalue weighted by atomic mass is 9.72. The van der Waals surface area contributed by atoms with Crippen LogP contribution in [-0.2, 0) is 0 Å². The van der Waals surface area contributed by atoms with Gasteiger partial charge in [0.15, 0.2) is 0 Å². The summed E-state index contributed by atoms with van der Waals surface area (Å²) < 4.78 is 0. The van der Waals surface area contributed by atoms with E-state index in [0.717, 1.165) is 19.3 Å². The van der Waals surface area contributed by atoms with Gasteiger partial charge in [-0.1, -0.05) is 102 Å². The van der Waals surface area contributed by atoms with Crippen molar-refractivity contribution < 1.29 is 0 Å². The van der Waals surface area contributed by atoms with Crippen LogP contribution in [0.3, 0.4) is 0 Å². The minimum atomic E-state index is -0.0676. The van der Waals surface area contributed by atoms with Crippen molar-refractivity contribution in [2.45, 2.75) is 138 Å². The molecule has 0 bridgehead atoms. The van der Waals surface area contributed by atoms with Gasteiger partial charge in [-0.05, 0) is 110 Å². The van der Waals surface area contributed by atoms with Crippen molar-refractivity contribution >= 4 is 0 Å². The summed E-state index contributed by atoms with van der Waals surface area (Å²) in [5, 5.41) is 8.07. The molecule has 0 spiro atoms. The molecule has 0 aromatic rings. The summed E-state index contributed by atoms with van der Waals surface area (Å²) in [6, 6.07) is 0. The summed E-state index contributed by atoms with van der Waals surface area (Å²) in [6.07, 6.45) is 23.9. The summed E-state index contributed by atoms with van der Waals surface area (Å²) in [6.45, 7) is 40.0. The van der Waals surface area contributed by atoms with E-state index in [1.807, 2.05) is 18.2 Å². The lowest BCUT2D eigenvalue weighted by Gasteiger charge is -2.47. The summed E-state index contributed by atoms with van der Waals surface area (Å²) in [7, 11) is 0. The summed E-state index contributed by atoms with van der Waals surface area (Å²) in [5.41, 5.74) is 2.40. The molecule has 0 aliphatic carbocycles. The Morgan fingerprint density at radius 1 is 0.513 bits per heavy atom. The van der Waals surface area contributed by atoms with Gasteiger partial charge in [0.25, 0.3) is 0 Å². The maximum Gasteiger partial charge on any atom is 0.0147 e. The zero-order chi connectivity index (χ0) is 30.8. The molecule has 0 atom stereocenters. The first-order chi connectivity index (χ1) is 17.6. The van der Waals surface area contributed by atoms with Crippen LogP contribution in [0, 0.1) is 10.8 Å². The van der Waals surface area contributed by atoms with Gasteiger partial charge >= 0.3 is 0 Å². The van der Waals surface area contributed by atoms with Crippen molar-refractivity contribution in [3.8, 4) is 0 Å². The van der Waals surface area contributed by atoms with Crippen LogP contribution in [0.25, 0.3) is 0 Å². The second-order valence-corrected chi connectivity index (χ2v) is 15.2. The molecule has 0 fully saturated rings. The van der Waals surface area contributed by atoms with Crippen LogP contribution in [0.2, 0.25) is 0 Å². The Labute approximate surface area is 244 Å². The molecule has 0 radical (unpaired) electrons. The zero-order valence-electron chi connectivity index (χ0n) is 28.3. The predicted molar refractivity (Wildman–Crippen MR) is 179 cm³/mol. The molecule has 2 heteroatoms. The second-order valence-electron chi connectivity index (χ2n) is 15.2. The van der Waals surface area contributed by atoms with Gasteiger partial charge in [0, 0.05) is 22.2 Å². The van der Waals surface area contributed by atoms with E-state index in [-0.39, 0.29) is 33.0 Å². The fourth-order valence-corrected chi connectivity index (χ4v) is 7.22. The third kappa shape index (κ3) is 14.3. The van der Waals surface area contributed by atoms with Gasteiger partial charge in [0.05, 0.1) is 0 Å². The standard InChI is InChI=1S/C37H64N2/c1-17-21-25-30(23-19-3)32(5,6)27-34(9,10)38-36(13,14)29-37(15,16)39-35(11,12)28-33(7,8)31(24-20-4)26-22-18-2/h17-26,38-39H,1,3,27-29H2,2,4-16H3/b22-18-,24-20-,25-21-,30-23+,31-26+. The topological polar surface area (TPSA) is 24.1 Å². The van der Waals surface area contributed by atoms with Crippen LogP contribution in [0.5, 0.6) is 0 Å². The van der Waals surface area contributed by atoms with Gasteiger partial charge in [-0.25, -0.2) is 0 Å². The second kappa shape index (κ2) is 14.6. The molecule has 2 N–H and O–H groups in total. The molecular weight excluding hydrogens is 472 g/mol. The van der Waals surface area contributed by atoms with Gasteiger partial charge in [0.2, 0.25) is 0 Å². The predicted octanol–water partition coefficient (Wildman–Crippen LogP) is 10.4. The number of rotatable bonds is 17. The van der Waals surface area contributed by atoms with Crippen molar-refractivity contribution in [2.75, 3.05) is 0 Å². The van der Waals surface area contributed by atoms with E-state index < -0.39 is 0 Å². The van der Waals surface area contributed by atoms with Crippen LogP contribution in [0.15, 0.2) is 85.1 Å². The molecule has 0 saturated heterocycles. The summed E-state index contributed by atoms with van der Waals surface area (Å²) in [5.74, 6) is 0. The smallest absolute Gasteiger partial charge is 0.0147 e. The average molecular weight is 537 g/mol. The highest BCUT2D eigenvalue weighted by Crippen LogP contribution is 2.39. The molecule has 2 nitrogen and oxygen atoms in total. The molecular formula is C37H64N2. The zero-order valence-corrected chi connectivity index (χ0v) is 28.3. The van der Waals surface area contributed by atoms with Gasteiger partial charge in [-0.2, -0.15) is 0 Å². The van der Waals surface area contributed by atoms with Gasteiger partial charge < -0.3 is 10.6 Å². The van der Waals surface area contributed by atoms with Crippen molar-refractivity contribution in [3.63, 3.8) is 0 Å². The third-order valence-electron chi connectivity index (χ3n) is 7.09. The van der Waals surface area contributed by atoms with E-state index in [1.165, 1.54) is 11.1 Å². The van der Waals surface area contributed by atoms with Gasteiger partial charge in [-0.15, -0.1) is 0 Å². The van der Waals surface area contributed by atoms with E-state index >= 15 is 0 Å². The largest absolute Gasteiger partial charge is 0.307 e. The Kier molecular flexibility index (Phi) is 13.9. The maximum absolute atomic E-state index is 4.04. The fourth-order valence-electron chi connectivity index (χ4n) is 7.22. The van der Waals surface area contributed by atoms with Crippen molar-refractivity contribution in [2.24, 2.45) is 10.8 Å². The van der Waals surface area contributed by atoms with Crippen LogP contribution < -0.4 is 10.6 Å². The molecule has 0 unspecified atom stereocenters. The van der Waals surface area contributed by atoms with E-state index in [2.05, 4.69) is 163 Å². The first-order valence-corrected chi connectivity index (χ1v) is 14.7. The minimum absolute atomic E-state index is 0.0211. The molecule has 0 rings (SSSR count). The number of nitrogens with one attached hydrogen (secondary N) is 2. The van der Waals surface area contributed by atoms with Crippen molar-refractivity contribution in [3.05, 3.63) is 85.1 Å². The van der Waals surface area contributed by atoms with Crippen LogP contribution in [0.1, 0.15) is 116 Å². The molecule has 39 heavy (non-hydrogen) atoms. The van der Waals surface area contributed by atoms with E-state index in [0.29, 0.717) is 0 Å². The van der Waals surface area contributed by atoms with Gasteiger partial charge in [0.1, 0.15) is 0 Å². The van der Waals surface area contributed by atoms with E-state index in [9.17, 15) is 0 Å². The highest BCUT2D eigenvalue weighted by atomic mass is 15.1. The van der Waals surface area contributed by atoms with Crippen molar-refractivity contribution in [1.82, 2.24) is 10.6 Å². The first-order valence-electron chi connectivity index (χ1n) is 14.7. The van der Waals surface area contributed by atoms with E-state index in [1.54, 1.807) is 0 Å². The third-order valence-corrected chi connectivity index (χ3v) is 7.09. The molecule has 0 heterocycles. The molecule has 0 saturated carbocycles. The highest BCUT2D eigenvalue weighted by Gasteiger charge is 2.39. The average Bonchev–Trinajstić information content (AvgIpc) is 2.69. The maximum atomic E-state index is 4.04. The number of hydrogen-bond donors (Lipinski definition) is 2. The lowest BCUT2D eigenvalue weighted by Crippen LogP contribution is -2.60. The number of allylic oxidation sites excluding steroid dienone is 12. The Hall–Kier alpha value is -1.90. The molecule has 0 aliphatic rings. The fraction of sp³-hybridized carbons (Fsp3) is 0.622. The summed E-state index contributed by atoms with van der Waals surface area (Å²) in [4.78, 5) is 0. The normalized spacial score (nSPS) is 15.6. The Morgan fingerprint density at radius 3 is 1.28 bits per heavy atom. The van der Waals surface area contributed by atoms with Crippen LogP contribution in [-0.4, -0.2) is 22.2 Å². The Bertz CT molecular complexity index is 900. The van der Waals surface area contributed by atoms with Crippen molar-refractivity contribution in [1.29, 1.82) is 0 Å². The Morgan fingerprint density at radius 2 is 0.923 bits per heavy atom. The monoisotopic (exact) mass is 537 g/mol. The minimum Gasteiger partial charge on any atom is -0.307 e. The first kappa shape index (κ1) is 37.1. The molecule has 0 amide bonds. The van der Waals surface area contributed by atoms with Crippen LogP contribution >= 0.6 is 0 Å². The molecule has 222 valence electrons. The Balaban J connectivity index is 5.71. The molecule has 0 aromatic heterocycles. The quantitative estimate of drug-likeness (QED) is 0.181. The summed E-state index contributed by atoms with van der Waals surface area (Å²) >= 11 is 0. The highest BCUT2D eigenvalue weighted by molar-refractivity contribution is 5.31. The van der Waals surface area contributed by atoms with Crippen LogP contribution in [0.4, 0.5) is 0 Å². The molecule has 0 aromatic carbocycles. The number of hydrogen-bond acceptors (Lipinski definition) is 2. The van der Waals surface area contributed by atoms with E-state index in [4.69, 9.17) is 0 Å². The van der Waals surface area contributed by atoms with Gasteiger partial charge in [-0.3, -0.25) is 0 Å². The SMILES string of the molecule is C=C/C=C\C(=C/C=C)C(C)(C)CC(C)(C)NC(C)(C)CC(C)(C)NC(C)(C)CC(C)(C)C(/C=C\C)=C/C=C\C. The molecule has 0 aliphatic heterocycles.